The fourth-order valence-corrected chi connectivity index (χ4v) is 3.92. The van der Waals surface area contributed by atoms with Crippen LogP contribution in [0.2, 0.25) is 19.6 Å². The normalized spacial score (nSPS) is 13.1. The summed E-state index contributed by atoms with van der Waals surface area (Å²) in [5.41, 5.74) is 3.47. The lowest BCUT2D eigenvalue weighted by molar-refractivity contribution is -0.137. The predicted molar refractivity (Wildman–Crippen MR) is 114 cm³/mol. The third kappa shape index (κ3) is 5.50. The van der Waals surface area contributed by atoms with Crippen LogP contribution in [0.3, 0.4) is 0 Å². The number of rotatable bonds is 7. The first-order valence-electron chi connectivity index (χ1n) is 9.27. The summed E-state index contributed by atoms with van der Waals surface area (Å²) in [5.74, 6) is -0.801. The number of benzene rings is 2. The van der Waals surface area contributed by atoms with Gasteiger partial charge < -0.3 is 9.16 Å². The van der Waals surface area contributed by atoms with E-state index in [4.69, 9.17) is 9.16 Å². The Morgan fingerprint density at radius 2 is 1.50 bits per heavy atom. The summed E-state index contributed by atoms with van der Waals surface area (Å²) < 4.78 is 11.4. The molecule has 148 valence electrons. The minimum atomic E-state index is -2.05. The van der Waals surface area contributed by atoms with Crippen LogP contribution in [0.5, 0.6) is 0 Å². The molecule has 2 aromatic carbocycles. The Hall–Kier alpha value is -2.50. The summed E-state index contributed by atoms with van der Waals surface area (Å²) >= 11 is 0. The van der Waals surface area contributed by atoms with E-state index < -0.39 is 20.4 Å². The van der Waals surface area contributed by atoms with Crippen molar-refractivity contribution in [2.75, 3.05) is 7.11 Å². The van der Waals surface area contributed by atoms with Crippen molar-refractivity contribution in [1.29, 1.82) is 0 Å². The van der Waals surface area contributed by atoms with Crippen LogP contribution in [0, 0.1) is 13.8 Å². The predicted octanol–water partition coefficient (Wildman–Crippen LogP) is 5.18. The zero-order valence-electron chi connectivity index (χ0n) is 17.4. The van der Waals surface area contributed by atoms with Crippen LogP contribution >= 0.6 is 0 Å². The van der Waals surface area contributed by atoms with Crippen LogP contribution in [0.25, 0.3) is 0 Å². The van der Waals surface area contributed by atoms with E-state index in [0.29, 0.717) is 5.56 Å². The lowest BCUT2D eigenvalue weighted by Gasteiger charge is -2.29. The summed E-state index contributed by atoms with van der Waals surface area (Å²) in [6, 6.07) is 15.0. The van der Waals surface area contributed by atoms with Gasteiger partial charge in [0.25, 0.3) is 0 Å². The van der Waals surface area contributed by atoms with Crippen LogP contribution in [0.15, 0.2) is 60.2 Å². The van der Waals surface area contributed by atoms with Crippen LogP contribution in [-0.2, 0) is 14.0 Å². The molecule has 28 heavy (non-hydrogen) atoms. The van der Waals surface area contributed by atoms with E-state index in [2.05, 4.69) is 19.6 Å². The van der Waals surface area contributed by atoms with Gasteiger partial charge in [-0.05, 0) is 56.3 Å². The average molecular weight is 397 g/mol. The molecule has 0 saturated carbocycles. The number of ether oxygens (including phenoxy) is 1. The maximum absolute atomic E-state index is 13.0. The SMILES string of the molecule is COC(=O)/C(=C\C(=O)c1ccccc1C)C(O[Si](C)(C)C)c1ccccc1C. The molecule has 5 heteroatoms. The quantitative estimate of drug-likeness (QED) is 0.280. The smallest absolute Gasteiger partial charge is 0.336 e. The van der Waals surface area contributed by atoms with Gasteiger partial charge in [-0.1, -0.05) is 48.5 Å². The molecule has 2 aromatic rings. The molecule has 0 radical (unpaired) electrons. The number of hydrogen-bond donors (Lipinski definition) is 0. The van der Waals surface area contributed by atoms with Gasteiger partial charge in [-0.2, -0.15) is 0 Å². The van der Waals surface area contributed by atoms with Crippen molar-refractivity contribution >= 4 is 20.1 Å². The fourth-order valence-electron chi connectivity index (χ4n) is 2.96. The van der Waals surface area contributed by atoms with Gasteiger partial charge in [0.05, 0.1) is 12.7 Å². The average Bonchev–Trinajstić information content (AvgIpc) is 2.64. The zero-order chi connectivity index (χ0) is 20.9. The minimum Gasteiger partial charge on any atom is -0.466 e. The second-order valence-corrected chi connectivity index (χ2v) is 12.2. The molecular weight excluding hydrogens is 368 g/mol. The molecule has 0 aliphatic carbocycles. The topological polar surface area (TPSA) is 52.6 Å². The van der Waals surface area contributed by atoms with Crippen LogP contribution in [0.4, 0.5) is 0 Å². The Labute approximate surface area is 168 Å². The Morgan fingerprint density at radius 3 is 2.04 bits per heavy atom. The standard InChI is InChI=1S/C23H28O4Si/c1-16-11-7-9-13-18(16)21(24)15-20(23(25)26-3)22(27-28(4,5)6)19-14-10-8-12-17(19)2/h7-15,22H,1-6H3/b20-15-. The van der Waals surface area contributed by atoms with Crippen LogP contribution in [0.1, 0.15) is 33.2 Å². The van der Waals surface area contributed by atoms with Gasteiger partial charge in [0.1, 0.15) is 6.10 Å². The number of ketones is 1. The Kier molecular flexibility index (Phi) is 7.10. The third-order valence-electron chi connectivity index (χ3n) is 4.34. The van der Waals surface area contributed by atoms with Crippen LogP contribution in [-0.4, -0.2) is 27.2 Å². The molecule has 0 aliphatic heterocycles. The molecule has 0 fully saturated rings. The van der Waals surface area contributed by atoms with Gasteiger partial charge in [-0.25, -0.2) is 4.79 Å². The van der Waals surface area contributed by atoms with Crippen molar-refractivity contribution in [1.82, 2.24) is 0 Å². The first-order valence-corrected chi connectivity index (χ1v) is 12.7. The van der Waals surface area contributed by atoms with E-state index in [9.17, 15) is 9.59 Å². The van der Waals surface area contributed by atoms with Gasteiger partial charge in [0.15, 0.2) is 14.1 Å². The fraction of sp³-hybridized carbons (Fsp3) is 0.304. The van der Waals surface area contributed by atoms with E-state index in [-0.39, 0.29) is 11.4 Å². The molecule has 2 rings (SSSR count). The van der Waals surface area contributed by atoms with Crippen molar-refractivity contribution in [3.63, 3.8) is 0 Å². The number of carbonyl (C=O) groups excluding carboxylic acids is 2. The van der Waals surface area contributed by atoms with Crippen LogP contribution < -0.4 is 0 Å². The highest BCUT2D eigenvalue weighted by Gasteiger charge is 2.31. The lowest BCUT2D eigenvalue weighted by Crippen LogP contribution is -2.31. The van der Waals surface area contributed by atoms with Crippen molar-refractivity contribution in [3.8, 4) is 0 Å². The van der Waals surface area contributed by atoms with Crippen molar-refractivity contribution in [2.24, 2.45) is 0 Å². The van der Waals surface area contributed by atoms with E-state index in [1.807, 2.05) is 56.3 Å². The first kappa shape index (κ1) is 21.8. The highest BCUT2D eigenvalue weighted by atomic mass is 28.4. The molecule has 0 saturated heterocycles. The molecular formula is C23H28O4Si. The first-order chi connectivity index (χ1) is 13.1. The van der Waals surface area contributed by atoms with Gasteiger partial charge in [0.2, 0.25) is 0 Å². The number of methoxy groups -OCH3 is 1. The Bertz CT molecular complexity index is 893. The summed E-state index contributed by atoms with van der Waals surface area (Å²) in [6.45, 7) is 9.99. The second-order valence-electron chi connectivity index (χ2n) is 7.74. The Morgan fingerprint density at radius 1 is 0.929 bits per heavy atom. The summed E-state index contributed by atoms with van der Waals surface area (Å²) in [6.07, 6.45) is 0.707. The molecule has 0 aliphatic rings. The molecule has 4 nitrogen and oxygen atoms in total. The van der Waals surface area contributed by atoms with Crippen molar-refractivity contribution < 1.29 is 18.8 Å². The highest BCUT2D eigenvalue weighted by Crippen LogP contribution is 2.32. The molecule has 0 heterocycles. The third-order valence-corrected chi connectivity index (χ3v) is 5.29. The molecule has 0 spiro atoms. The minimum absolute atomic E-state index is 0.215. The summed E-state index contributed by atoms with van der Waals surface area (Å²) in [7, 11) is -0.731. The van der Waals surface area contributed by atoms with Crippen molar-refractivity contribution in [2.45, 2.75) is 39.6 Å². The second kappa shape index (κ2) is 9.13. The monoisotopic (exact) mass is 396 g/mol. The van der Waals surface area contributed by atoms with Gasteiger partial charge in [-0.3, -0.25) is 4.79 Å². The van der Waals surface area contributed by atoms with E-state index >= 15 is 0 Å². The van der Waals surface area contributed by atoms with Gasteiger partial charge in [-0.15, -0.1) is 0 Å². The number of allylic oxidation sites excluding steroid dienone is 1. The van der Waals surface area contributed by atoms with E-state index in [1.165, 1.54) is 13.2 Å². The van der Waals surface area contributed by atoms with Crippen molar-refractivity contribution in [3.05, 3.63) is 82.4 Å². The van der Waals surface area contributed by atoms with Gasteiger partial charge in [0, 0.05) is 5.56 Å². The molecule has 1 atom stereocenters. The van der Waals surface area contributed by atoms with E-state index in [1.54, 1.807) is 6.07 Å². The zero-order valence-corrected chi connectivity index (χ0v) is 18.4. The Balaban J connectivity index is 2.61. The number of esters is 1. The van der Waals surface area contributed by atoms with E-state index in [0.717, 1.165) is 16.7 Å². The number of aryl methyl sites for hydroxylation is 2. The highest BCUT2D eigenvalue weighted by molar-refractivity contribution is 6.69. The molecule has 0 amide bonds. The molecule has 0 N–H and O–H groups in total. The largest absolute Gasteiger partial charge is 0.466 e. The summed E-state index contributed by atoms with van der Waals surface area (Å²) in [4.78, 5) is 25.6. The molecule has 0 aromatic heterocycles. The van der Waals surface area contributed by atoms with Gasteiger partial charge >= 0.3 is 5.97 Å². The summed E-state index contributed by atoms with van der Waals surface area (Å²) in [5, 5.41) is 0. The molecule has 1 unspecified atom stereocenters. The number of carbonyl (C=O) groups is 2. The number of hydrogen-bond acceptors (Lipinski definition) is 4. The maximum atomic E-state index is 13.0. The lowest BCUT2D eigenvalue weighted by atomic mass is 9.95. The maximum Gasteiger partial charge on any atom is 0.336 e. The molecule has 0 bridgehead atoms.